The van der Waals surface area contributed by atoms with Crippen molar-refractivity contribution >= 4 is 61.3 Å². The SMILES string of the molecule is CC(C)C(C(=O)/C=C(\O)C(C(C)C)C(C)C)C(C)C.CC(C)C[Si](CC(C)C)(CC(C)C)c1cccc2c1sc1c(-c3[c-]c4ccccc4c(C(C)(C)C)c3)nccc12.[Ir]. The van der Waals surface area contributed by atoms with Crippen LogP contribution in [-0.4, -0.2) is 23.9 Å². The van der Waals surface area contributed by atoms with E-state index in [4.69, 9.17) is 4.98 Å². The number of allylic oxidation sites excluding steroid dienone is 2. The molecule has 2 aromatic heterocycles. The Bertz CT molecular complexity index is 2160. The molecule has 0 aliphatic rings. The molecule has 2 heterocycles. The number of thiophene rings is 1. The van der Waals surface area contributed by atoms with E-state index in [1.807, 2.05) is 17.5 Å². The van der Waals surface area contributed by atoms with Crippen LogP contribution in [0.4, 0.5) is 0 Å². The molecule has 0 aliphatic carbocycles. The van der Waals surface area contributed by atoms with Crippen molar-refractivity contribution in [2.45, 2.75) is 141 Å². The van der Waals surface area contributed by atoms with Crippen molar-refractivity contribution < 1.29 is 30.0 Å². The summed E-state index contributed by atoms with van der Waals surface area (Å²) >= 11 is 1.99. The van der Waals surface area contributed by atoms with E-state index in [0.717, 1.165) is 11.3 Å². The predicted molar refractivity (Wildman–Crippen MR) is 264 cm³/mol. The fraction of sp³-hybridized carbons (Fsp3) is 0.556. The third-order valence-electron chi connectivity index (χ3n) is 12.1. The molecule has 3 nitrogen and oxygen atoms in total. The molecule has 0 aliphatic heterocycles. The van der Waals surface area contributed by atoms with Gasteiger partial charge >= 0.3 is 0 Å². The topological polar surface area (TPSA) is 50.2 Å². The number of nitrogens with zero attached hydrogens (tertiary/aromatic N) is 1. The van der Waals surface area contributed by atoms with Crippen molar-refractivity contribution in [3.8, 4) is 11.3 Å². The predicted octanol–water partition coefficient (Wildman–Crippen LogP) is 15.8. The Labute approximate surface area is 384 Å². The maximum Gasteiger partial charge on any atom is 0.162 e. The number of aliphatic hydroxyl groups excluding tert-OH is 1. The Hall–Kier alpha value is -2.63. The van der Waals surface area contributed by atoms with Gasteiger partial charge < -0.3 is 5.11 Å². The second-order valence-electron chi connectivity index (χ2n) is 21.3. The minimum Gasteiger partial charge on any atom is -0.512 e. The summed E-state index contributed by atoms with van der Waals surface area (Å²) in [5.41, 5.74) is 3.57. The first-order chi connectivity index (χ1) is 27.5. The van der Waals surface area contributed by atoms with Crippen LogP contribution >= 0.6 is 11.3 Å². The number of benzene rings is 3. The zero-order valence-corrected chi connectivity index (χ0v) is 44.4. The third-order valence-corrected chi connectivity index (χ3v) is 19.8. The fourth-order valence-corrected chi connectivity index (χ4v) is 19.4. The molecule has 1 radical (unpaired) electrons. The number of ketones is 1. The van der Waals surface area contributed by atoms with Crippen molar-refractivity contribution in [1.82, 2.24) is 4.98 Å². The summed E-state index contributed by atoms with van der Waals surface area (Å²) < 4.78 is 2.81. The van der Waals surface area contributed by atoms with E-state index in [-0.39, 0.29) is 48.9 Å². The van der Waals surface area contributed by atoms with Gasteiger partial charge in [0.2, 0.25) is 0 Å². The van der Waals surface area contributed by atoms with E-state index >= 15 is 0 Å². The van der Waals surface area contributed by atoms with E-state index in [1.165, 1.54) is 60.7 Å². The van der Waals surface area contributed by atoms with Gasteiger partial charge in [0.15, 0.2) is 5.78 Å². The van der Waals surface area contributed by atoms with Crippen molar-refractivity contribution in [3.05, 3.63) is 84.3 Å². The summed E-state index contributed by atoms with van der Waals surface area (Å²) in [6.07, 6.45) is 3.49. The van der Waals surface area contributed by atoms with Crippen LogP contribution in [0.3, 0.4) is 0 Å². The van der Waals surface area contributed by atoms with Gasteiger partial charge in [0.25, 0.3) is 0 Å². The van der Waals surface area contributed by atoms with Crippen LogP contribution in [0.5, 0.6) is 0 Å². The summed E-state index contributed by atoms with van der Waals surface area (Å²) in [5, 5.41) is 17.2. The number of fused-ring (bicyclic) bond motifs is 4. The summed E-state index contributed by atoms with van der Waals surface area (Å²) in [6, 6.07) is 28.3. The number of pyridine rings is 1. The Morgan fingerprint density at radius 3 is 1.70 bits per heavy atom. The molecule has 331 valence electrons. The second kappa shape index (κ2) is 21.6. The molecule has 0 amide bonds. The van der Waals surface area contributed by atoms with Crippen LogP contribution in [0.2, 0.25) is 18.1 Å². The largest absolute Gasteiger partial charge is 0.512 e. The number of aromatic nitrogens is 1. The molecule has 0 bridgehead atoms. The van der Waals surface area contributed by atoms with E-state index in [1.54, 1.807) is 5.19 Å². The third kappa shape index (κ3) is 12.3. The molecule has 60 heavy (non-hydrogen) atoms. The van der Waals surface area contributed by atoms with Crippen LogP contribution < -0.4 is 5.19 Å². The average Bonchev–Trinajstić information content (AvgIpc) is 3.48. The maximum absolute atomic E-state index is 12.3. The van der Waals surface area contributed by atoms with Crippen LogP contribution in [0, 0.1) is 59.3 Å². The van der Waals surface area contributed by atoms with Crippen molar-refractivity contribution in [2.75, 3.05) is 0 Å². The average molecular weight is 1030 g/mol. The van der Waals surface area contributed by atoms with Crippen molar-refractivity contribution in [2.24, 2.45) is 53.3 Å². The molecule has 0 atom stereocenters. The van der Waals surface area contributed by atoms with Gasteiger partial charge in [-0.2, -0.15) is 0 Å². The summed E-state index contributed by atoms with van der Waals surface area (Å²) in [7, 11) is -1.77. The molecule has 6 heteroatoms. The van der Waals surface area contributed by atoms with E-state index in [9.17, 15) is 9.90 Å². The maximum atomic E-state index is 12.3. The number of hydrogen-bond acceptors (Lipinski definition) is 4. The number of aliphatic hydroxyl groups is 1. The number of carbonyl (C=O) groups is 1. The summed E-state index contributed by atoms with van der Waals surface area (Å²) in [6.45, 7) is 38.1. The molecule has 3 aromatic carbocycles. The molecular formula is C54H78IrNO2SSi-. The fourth-order valence-electron chi connectivity index (χ4n) is 10.5. The first kappa shape index (κ1) is 51.7. The van der Waals surface area contributed by atoms with Crippen LogP contribution in [0.15, 0.2) is 72.6 Å². The van der Waals surface area contributed by atoms with Gasteiger partial charge in [0, 0.05) is 59.3 Å². The quantitative estimate of drug-likeness (QED) is 0.0492. The molecule has 0 spiro atoms. The number of rotatable bonds is 15. The minimum atomic E-state index is -1.77. The Morgan fingerprint density at radius 1 is 0.700 bits per heavy atom. The van der Waals surface area contributed by atoms with Crippen LogP contribution in [0.25, 0.3) is 42.2 Å². The molecule has 0 unspecified atom stereocenters. The Morgan fingerprint density at radius 2 is 1.20 bits per heavy atom. The Balaban J connectivity index is 0.000000409. The normalized spacial score (nSPS) is 13.1. The van der Waals surface area contributed by atoms with Gasteiger partial charge in [-0.25, -0.2) is 0 Å². The number of carbonyl (C=O) groups excluding carboxylic acids is 1. The van der Waals surface area contributed by atoms with Gasteiger partial charge in [0.05, 0.1) is 13.8 Å². The van der Waals surface area contributed by atoms with Gasteiger partial charge in [0.1, 0.15) is 0 Å². The molecule has 0 saturated carbocycles. The van der Waals surface area contributed by atoms with Gasteiger partial charge in [-0.15, -0.1) is 40.5 Å². The molecular weight excluding hydrogens is 947 g/mol. The molecule has 5 rings (SSSR count). The number of hydrogen-bond donors (Lipinski definition) is 1. The van der Waals surface area contributed by atoms with Crippen LogP contribution in [-0.2, 0) is 30.3 Å². The van der Waals surface area contributed by atoms with Gasteiger partial charge in [-0.3, -0.25) is 9.78 Å². The smallest absolute Gasteiger partial charge is 0.162 e. The zero-order valence-electron chi connectivity index (χ0n) is 40.2. The monoisotopic (exact) mass is 1030 g/mol. The van der Waals surface area contributed by atoms with E-state index < -0.39 is 8.07 Å². The first-order valence-corrected chi connectivity index (χ1v) is 26.1. The minimum absolute atomic E-state index is 0. The molecule has 1 N–H and O–H groups in total. The Kier molecular flexibility index (Phi) is 18.6. The first-order valence-electron chi connectivity index (χ1n) is 22.7. The van der Waals surface area contributed by atoms with Crippen molar-refractivity contribution in [1.29, 1.82) is 0 Å². The molecule has 5 aromatic rings. The van der Waals surface area contributed by atoms with Gasteiger partial charge in [-0.1, -0.05) is 183 Å². The van der Waals surface area contributed by atoms with Crippen molar-refractivity contribution in [3.63, 3.8) is 0 Å². The molecule has 0 saturated heterocycles. The molecule has 0 fully saturated rings. The van der Waals surface area contributed by atoms with E-state index in [0.29, 0.717) is 41.4 Å². The van der Waals surface area contributed by atoms with E-state index in [2.05, 4.69) is 178 Å². The van der Waals surface area contributed by atoms with Gasteiger partial charge in [-0.05, 0) is 68.9 Å². The standard InChI is InChI=1S/C37H46NSSi.C17H32O2.Ir/c1-24(2)21-40(22-25(3)4,23-26(5)6)33-16-12-15-30-31-17-18-38-34(36(31)39-35(30)33)28-19-27-13-10-11-14-29(27)32(20-28)37(7,8)9;1-10(2)16(11(3)4)14(18)9-15(19)17(12(5)6)13(7)8;/h10-18,20,24-26H,21-23H2,1-9H3;9-13,16-18H,1-8H3;/q-1;;/b;14-9-;. The summed E-state index contributed by atoms with van der Waals surface area (Å²) in [5.74, 6) is 3.74. The summed E-state index contributed by atoms with van der Waals surface area (Å²) in [4.78, 5) is 17.4. The second-order valence-corrected chi connectivity index (χ2v) is 26.6. The zero-order chi connectivity index (χ0) is 44.1. The van der Waals surface area contributed by atoms with Crippen LogP contribution in [0.1, 0.15) is 123 Å².